The highest BCUT2D eigenvalue weighted by Crippen LogP contribution is 2.41. The fourth-order valence-corrected chi connectivity index (χ4v) is 4.87. The van der Waals surface area contributed by atoms with Crippen molar-refractivity contribution < 1.29 is 24.3 Å². The van der Waals surface area contributed by atoms with Crippen LogP contribution in [-0.4, -0.2) is 63.2 Å². The van der Waals surface area contributed by atoms with Crippen LogP contribution < -0.4 is 10.4 Å². The van der Waals surface area contributed by atoms with Gasteiger partial charge in [-0.05, 0) is 34.5 Å². The molecule has 0 bridgehead atoms. The van der Waals surface area contributed by atoms with Gasteiger partial charge in [0.15, 0.2) is 5.82 Å². The fraction of sp³-hybridized carbons (Fsp3) is 0.200. The van der Waals surface area contributed by atoms with E-state index in [1.807, 2.05) is 29.2 Å². The van der Waals surface area contributed by atoms with Gasteiger partial charge in [-0.25, -0.2) is 19.8 Å². The van der Waals surface area contributed by atoms with E-state index in [4.69, 9.17) is 16.8 Å². The van der Waals surface area contributed by atoms with Crippen LogP contribution in [0.1, 0.15) is 6.42 Å². The zero-order chi connectivity index (χ0) is 25.4. The zero-order valence-electron chi connectivity index (χ0n) is 18.9. The SMILES string of the molecule is O=C(CC(=O)N1CCN(c2ncnc3c(F)c(-c4cc(O)cc5ccccc45)c(Cl)cc23)CC1)NO. The van der Waals surface area contributed by atoms with Crippen molar-refractivity contribution in [1.82, 2.24) is 20.3 Å². The van der Waals surface area contributed by atoms with Crippen molar-refractivity contribution in [2.24, 2.45) is 0 Å². The van der Waals surface area contributed by atoms with E-state index in [2.05, 4.69) is 9.97 Å². The molecular weight excluding hydrogens is 489 g/mol. The largest absolute Gasteiger partial charge is 0.508 e. The summed E-state index contributed by atoms with van der Waals surface area (Å²) in [5, 5.41) is 20.9. The lowest BCUT2D eigenvalue weighted by molar-refractivity contribution is -0.139. The molecule has 4 aromatic rings. The molecule has 1 fully saturated rings. The Balaban J connectivity index is 1.51. The molecule has 2 amide bonds. The molecule has 0 spiro atoms. The Kier molecular flexibility index (Phi) is 6.29. The number of hydrogen-bond acceptors (Lipinski definition) is 7. The Morgan fingerprint density at radius 3 is 2.56 bits per heavy atom. The highest BCUT2D eigenvalue weighted by Gasteiger charge is 2.26. The van der Waals surface area contributed by atoms with Gasteiger partial charge in [-0.1, -0.05) is 35.9 Å². The summed E-state index contributed by atoms with van der Waals surface area (Å²) in [4.78, 5) is 35.5. The van der Waals surface area contributed by atoms with Gasteiger partial charge in [0.1, 0.15) is 29.8 Å². The highest BCUT2D eigenvalue weighted by atomic mass is 35.5. The van der Waals surface area contributed by atoms with Gasteiger partial charge < -0.3 is 14.9 Å². The van der Waals surface area contributed by atoms with Crippen LogP contribution in [0.3, 0.4) is 0 Å². The van der Waals surface area contributed by atoms with Crippen molar-refractivity contribution in [2.45, 2.75) is 6.42 Å². The minimum Gasteiger partial charge on any atom is -0.508 e. The lowest BCUT2D eigenvalue weighted by Crippen LogP contribution is -2.49. The van der Waals surface area contributed by atoms with E-state index in [-0.39, 0.29) is 21.9 Å². The number of anilines is 1. The molecule has 9 nitrogen and oxygen atoms in total. The van der Waals surface area contributed by atoms with Crippen molar-refractivity contribution in [3.63, 3.8) is 0 Å². The fourth-order valence-electron chi connectivity index (χ4n) is 4.57. The lowest BCUT2D eigenvalue weighted by Gasteiger charge is -2.35. The Hall–Kier alpha value is -4.02. The second-order valence-corrected chi connectivity index (χ2v) is 8.84. The van der Waals surface area contributed by atoms with Crippen LogP contribution in [0.2, 0.25) is 5.02 Å². The maximum atomic E-state index is 16.0. The van der Waals surface area contributed by atoms with E-state index in [0.717, 1.165) is 10.8 Å². The maximum absolute atomic E-state index is 16.0. The normalized spacial score (nSPS) is 13.9. The van der Waals surface area contributed by atoms with Crippen LogP contribution in [0, 0.1) is 5.82 Å². The number of phenolic OH excluding ortho intramolecular Hbond substituents is 1. The molecule has 11 heteroatoms. The summed E-state index contributed by atoms with van der Waals surface area (Å²) in [6.07, 6.45) is 0.836. The molecule has 0 unspecified atom stereocenters. The molecular formula is C25H21ClFN5O4. The molecule has 184 valence electrons. The van der Waals surface area contributed by atoms with E-state index in [9.17, 15) is 14.7 Å². The molecule has 2 heterocycles. The summed E-state index contributed by atoms with van der Waals surface area (Å²) < 4.78 is 16.0. The van der Waals surface area contributed by atoms with Gasteiger partial charge in [-0.2, -0.15) is 0 Å². The lowest BCUT2D eigenvalue weighted by atomic mass is 9.96. The number of nitrogens with zero attached hydrogens (tertiary/aromatic N) is 4. The number of benzene rings is 3. The molecule has 0 radical (unpaired) electrons. The second kappa shape index (κ2) is 9.56. The van der Waals surface area contributed by atoms with Crippen LogP contribution in [0.5, 0.6) is 5.75 Å². The number of carbonyl (C=O) groups is 2. The second-order valence-electron chi connectivity index (χ2n) is 8.43. The van der Waals surface area contributed by atoms with Crippen LogP contribution in [0.4, 0.5) is 10.2 Å². The third kappa shape index (κ3) is 4.25. The monoisotopic (exact) mass is 509 g/mol. The number of aromatic hydroxyl groups is 1. The summed E-state index contributed by atoms with van der Waals surface area (Å²) in [7, 11) is 0. The first-order chi connectivity index (χ1) is 17.4. The minimum absolute atomic E-state index is 0.00784. The summed E-state index contributed by atoms with van der Waals surface area (Å²) in [6, 6.07) is 12.0. The number of hydrogen-bond donors (Lipinski definition) is 3. The zero-order valence-corrected chi connectivity index (χ0v) is 19.7. The molecule has 0 saturated carbocycles. The number of hydroxylamine groups is 1. The molecule has 3 N–H and O–H groups in total. The Labute approximate surface area is 209 Å². The predicted octanol–water partition coefficient (Wildman–Crippen LogP) is 3.49. The maximum Gasteiger partial charge on any atom is 0.252 e. The summed E-state index contributed by atoms with van der Waals surface area (Å²) in [5.74, 6) is -1.32. The number of fused-ring (bicyclic) bond motifs is 2. The smallest absolute Gasteiger partial charge is 0.252 e. The van der Waals surface area contributed by atoms with Gasteiger partial charge in [-0.3, -0.25) is 14.8 Å². The first-order valence-electron chi connectivity index (χ1n) is 11.2. The van der Waals surface area contributed by atoms with E-state index >= 15 is 4.39 Å². The number of phenols is 1. The standard InChI is InChI=1S/C25H21ClFN5O4/c26-19-11-18-24(23(27)22(19)17-10-15(33)9-14-3-1-2-4-16(14)17)28-13-29-25(18)32-7-5-31(6-8-32)21(35)12-20(34)30-36/h1-4,9-11,13,33,36H,5-8,12H2,(H,30,34). The number of halogens is 2. The molecule has 1 saturated heterocycles. The summed E-state index contributed by atoms with van der Waals surface area (Å²) in [6.45, 7) is 1.45. The number of rotatable bonds is 4. The molecule has 1 aromatic heterocycles. The average Bonchev–Trinajstić information content (AvgIpc) is 2.88. The van der Waals surface area contributed by atoms with Crippen LogP contribution in [0.15, 0.2) is 48.8 Å². The number of aromatic nitrogens is 2. The highest BCUT2D eigenvalue weighted by molar-refractivity contribution is 6.35. The Morgan fingerprint density at radius 2 is 1.81 bits per heavy atom. The summed E-state index contributed by atoms with van der Waals surface area (Å²) in [5.41, 5.74) is 2.13. The van der Waals surface area contributed by atoms with E-state index in [0.29, 0.717) is 42.9 Å². The van der Waals surface area contributed by atoms with E-state index < -0.39 is 24.1 Å². The third-order valence-electron chi connectivity index (χ3n) is 6.28. The van der Waals surface area contributed by atoms with Crippen molar-refractivity contribution >= 4 is 50.9 Å². The van der Waals surface area contributed by atoms with Crippen molar-refractivity contribution in [3.8, 4) is 16.9 Å². The van der Waals surface area contributed by atoms with Crippen molar-refractivity contribution in [2.75, 3.05) is 31.1 Å². The van der Waals surface area contributed by atoms with Crippen LogP contribution in [0.25, 0.3) is 32.8 Å². The van der Waals surface area contributed by atoms with Gasteiger partial charge in [0, 0.05) is 37.1 Å². The number of nitrogens with one attached hydrogen (secondary N) is 1. The third-order valence-corrected chi connectivity index (χ3v) is 6.58. The molecule has 0 atom stereocenters. The summed E-state index contributed by atoms with van der Waals surface area (Å²) >= 11 is 6.63. The van der Waals surface area contributed by atoms with Crippen molar-refractivity contribution in [1.29, 1.82) is 0 Å². The Morgan fingerprint density at radius 1 is 1.06 bits per heavy atom. The molecule has 1 aliphatic rings. The van der Waals surface area contributed by atoms with Gasteiger partial charge in [0.25, 0.3) is 5.91 Å². The van der Waals surface area contributed by atoms with Gasteiger partial charge in [0.05, 0.1) is 5.02 Å². The number of piperazine rings is 1. The number of amides is 2. The van der Waals surface area contributed by atoms with E-state index in [1.165, 1.54) is 22.8 Å². The van der Waals surface area contributed by atoms with Gasteiger partial charge >= 0.3 is 0 Å². The molecule has 5 rings (SSSR count). The quantitative estimate of drug-likeness (QED) is 0.219. The minimum atomic E-state index is -0.773. The van der Waals surface area contributed by atoms with Crippen LogP contribution in [-0.2, 0) is 9.59 Å². The van der Waals surface area contributed by atoms with E-state index in [1.54, 1.807) is 12.1 Å². The predicted molar refractivity (Wildman–Crippen MR) is 132 cm³/mol. The average molecular weight is 510 g/mol. The number of carbonyl (C=O) groups excluding carboxylic acids is 2. The molecule has 0 aliphatic carbocycles. The van der Waals surface area contributed by atoms with Gasteiger partial charge in [0.2, 0.25) is 5.91 Å². The topological polar surface area (TPSA) is 119 Å². The van der Waals surface area contributed by atoms with Crippen LogP contribution >= 0.6 is 11.6 Å². The Bertz CT molecular complexity index is 1510. The van der Waals surface area contributed by atoms with Crippen molar-refractivity contribution in [3.05, 3.63) is 59.6 Å². The first kappa shape index (κ1) is 23.7. The molecule has 3 aromatic carbocycles. The molecule has 1 aliphatic heterocycles. The first-order valence-corrected chi connectivity index (χ1v) is 11.6. The van der Waals surface area contributed by atoms with Gasteiger partial charge in [-0.15, -0.1) is 0 Å². The molecule has 36 heavy (non-hydrogen) atoms.